The van der Waals surface area contributed by atoms with Crippen LogP contribution in [0, 0.1) is 6.92 Å². The number of aromatic nitrogens is 1. The molecule has 1 aromatic carbocycles. The number of anilines is 1. The van der Waals surface area contributed by atoms with Crippen molar-refractivity contribution in [3.8, 4) is 0 Å². The van der Waals surface area contributed by atoms with Gasteiger partial charge < -0.3 is 5.32 Å². The zero-order chi connectivity index (χ0) is 11.5. The number of thiazole rings is 1. The first kappa shape index (κ1) is 11.4. The van der Waals surface area contributed by atoms with E-state index in [1.165, 1.54) is 0 Å². The van der Waals surface area contributed by atoms with Crippen LogP contribution in [0.3, 0.4) is 0 Å². The van der Waals surface area contributed by atoms with Crippen LogP contribution < -0.4 is 5.32 Å². The number of nitrogens with zero attached hydrogens (tertiary/aromatic N) is 1. The molecule has 0 saturated carbocycles. The largest absolute Gasteiger partial charge is 0.376 e. The number of aryl methyl sites for hydroxylation is 1. The number of halogens is 1. The Morgan fingerprint density at radius 3 is 2.88 bits per heavy atom. The Balaban J connectivity index is 2.15. The first-order valence-electron chi connectivity index (χ1n) is 5.07. The molecule has 84 valence electrons. The minimum atomic E-state index is 0.173. The van der Waals surface area contributed by atoms with Crippen LogP contribution in [-0.2, 0) is 0 Å². The molecule has 16 heavy (non-hydrogen) atoms. The monoisotopic (exact) mass is 252 g/mol. The highest BCUT2D eigenvalue weighted by atomic mass is 35.5. The van der Waals surface area contributed by atoms with Crippen molar-refractivity contribution in [2.45, 2.75) is 19.9 Å². The Morgan fingerprint density at radius 1 is 1.44 bits per heavy atom. The quantitative estimate of drug-likeness (QED) is 0.882. The Kier molecular flexibility index (Phi) is 3.46. The summed E-state index contributed by atoms with van der Waals surface area (Å²) >= 11 is 7.76. The van der Waals surface area contributed by atoms with Gasteiger partial charge in [-0.25, -0.2) is 4.98 Å². The Bertz CT molecular complexity index is 468. The minimum Gasteiger partial charge on any atom is -0.376 e. The Morgan fingerprint density at radius 2 is 2.25 bits per heavy atom. The van der Waals surface area contributed by atoms with Crippen molar-refractivity contribution in [3.63, 3.8) is 0 Å². The molecule has 0 aliphatic carbocycles. The molecule has 2 rings (SSSR count). The molecule has 0 aliphatic rings. The zero-order valence-corrected chi connectivity index (χ0v) is 10.8. The summed E-state index contributed by atoms with van der Waals surface area (Å²) in [6.07, 6.45) is 0. The maximum absolute atomic E-state index is 6.15. The molecule has 1 N–H and O–H groups in total. The van der Waals surface area contributed by atoms with E-state index in [-0.39, 0.29) is 6.04 Å². The van der Waals surface area contributed by atoms with Gasteiger partial charge in [-0.3, -0.25) is 0 Å². The molecule has 0 amide bonds. The van der Waals surface area contributed by atoms with E-state index in [2.05, 4.69) is 17.2 Å². The molecule has 1 atom stereocenters. The molecule has 1 heterocycles. The molecule has 0 saturated heterocycles. The molecule has 2 nitrogen and oxygen atoms in total. The third-order valence-electron chi connectivity index (χ3n) is 2.39. The van der Waals surface area contributed by atoms with Crippen LogP contribution in [0.4, 0.5) is 5.69 Å². The second-order valence-corrected chi connectivity index (χ2v) is 4.89. The summed E-state index contributed by atoms with van der Waals surface area (Å²) in [4.78, 5) is 4.27. The Hall–Kier alpha value is -1.06. The molecule has 0 radical (unpaired) electrons. The lowest BCUT2D eigenvalue weighted by molar-refractivity contribution is 0.850. The summed E-state index contributed by atoms with van der Waals surface area (Å²) in [6.45, 7) is 4.10. The van der Waals surface area contributed by atoms with E-state index in [4.69, 9.17) is 11.6 Å². The highest BCUT2D eigenvalue weighted by molar-refractivity contribution is 7.07. The SMILES string of the molecule is Cc1ccc(NC(C)c2cscn2)c(Cl)c1. The van der Waals surface area contributed by atoms with Crippen molar-refractivity contribution in [3.05, 3.63) is 45.4 Å². The first-order valence-corrected chi connectivity index (χ1v) is 6.39. The van der Waals surface area contributed by atoms with Gasteiger partial charge in [-0.1, -0.05) is 17.7 Å². The smallest absolute Gasteiger partial charge is 0.0795 e. The van der Waals surface area contributed by atoms with E-state index in [1.54, 1.807) is 11.3 Å². The van der Waals surface area contributed by atoms with Crippen LogP contribution in [0.1, 0.15) is 24.2 Å². The van der Waals surface area contributed by atoms with E-state index >= 15 is 0 Å². The summed E-state index contributed by atoms with van der Waals surface area (Å²) in [6, 6.07) is 6.17. The molecule has 0 fully saturated rings. The lowest BCUT2D eigenvalue weighted by atomic mass is 10.2. The summed E-state index contributed by atoms with van der Waals surface area (Å²) in [7, 11) is 0. The van der Waals surface area contributed by atoms with Crippen LogP contribution >= 0.6 is 22.9 Å². The van der Waals surface area contributed by atoms with Gasteiger partial charge in [0, 0.05) is 5.38 Å². The number of nitrogens with one attached hydrogen (secondary N) is 1. The standard InChI is InChI=1S/C12H13ClN2S/c1-8-3-4-11(10(13)5-8)15-9(2)12-6-16-7-14-12/h3-7,9,15H,1-2H3. The summed E-state index contributed by atoms with van der Waals surface area (Å²) in [5.41, 5.74) is 5.00. The van der Waals surface area contributed by atoms with Crippen molar-refractivity contribution in [1.29, 1.82) is 0 Å². The second-order valence-electron chi connectivity index (χ2n) is 3.76. The summed E-state index contributed by atoms with van der Waals surface area (Å²) in [5.74, 6) is 0. The van der Waals surface area contributed by atoms with Gasteiger partial charge in [0.15, 0.2) is 0 Å². The molecule has 2 aromatic rings. The highest BCUT2D eigenvalue weighted by Gasteiger charge is 2.08. The van der Waals surface area contributed by atoms with Gasteiger partial charge in [-0.15, -0.1) is 11.3 Å². The number of benzene rings is 1. The van der Waals surface area contributed by atoms with Gasteiger partial charge in [0.25, 0.3) is 0 Å². The van der Waals surface area contributed by atoms with Crippen molar-refractivity contribution < 1.29 is 0 Å². The van der Waals surface area contributed by atoms with Gasteiger partial charge in [0.05, 0.1) is 28.0 Å². The molecule has 0 aliphatic heterocycles. The molecular weight excluding hydrogens is 240 g/mol. The molecule has 0 spiro atoms. The second kappa shape index (κ2) is 4.85. The van der Waals surface area contributed by atoms with E-state index in [1.807, 2.05) is 36.0 Å². The summed E-state index contributed by atoms with van der Waals surface area (Å²) in [5, 5.41) is 6.15. The maximum atomic E-state index is 6.15. The van der Waals surface area contributed by atoms with Crippen LogP contribution in [0.5, 0.6) is 0 Å². The first-order chi connectivity index (χ1) is 7.66. The van der Waals surface area contributed by atoms with Crippen molar-refractivity contribution in [2.75, 3.05) is 5.32 Å². The topological polar surface area (TPSA) is 24.9 Å². The average Bonchev–Trinajstić information content (AvgIpc) is 2.75. The van der Waals surface area contributed by atoms with E-state index in [0.717, 1.165) is 22.0 Å². The molecule has 0 bridgehead atoms. The van der Waals surface area contributed by atoms with Crippen molar-refractivity contribution in [2.24, 2.45) is 0 Å². The van der Waals surface area contributed by atoms with Gasteiger partial charge in [-0.2, -0.15) is 0 Å². The minimum absolute atomic E-state index is 0.173. The number of hydrogen-bond acceptors (Lipinski definition) is 3. The third kappa shape index (κ3) is 2.54. The zero-order valence-electron chi connectivity index (χ0n) is 9.20. The predicted octanol–water partition coefficient (Wildman–Crippen LogP) is 4.28. The number of hydrogen-bond donors (Lipinski definition) is 1. The van der Waals surface area contributed by atoms with Crippen LogP contribution in [0.25, 0.3) is 0 Å². The predicted molar refractivity (Wildman–Crippen MR) is 70.3 cm³/mol. The number of rotatable bonds is 3. The third-order valence-corrected chi connectivity index (χ3v) is 3.31. The van der Waals surface area contributed by atoms with Crippen LogP contribution in [0.15, 0.2) is 29.1 Å². The lowest BCUT2D eigenvalue weighted by Crippen LogP contribution is -2.07. The van der Waals surface area contributed by atoms with Crippen molar-refractivity contribution in [1.82, 2.24) is 4.98 Å². The fourth-order valence-corrected chi connectivity index (χ4v) is 2.42. The van der Waals surface area contributed by atoms with E-state index in [0.29, 0.717) is 0 Å². The van der Waals surface area contributed by atoms with Gasteiger partial charge >= 0.3 is 0 Å². The average molecular weight is 253 g/mol. The lowest BCUT2D eigenvalue weighted by Gasteiger charge is -2.14. The summed E-state index contributed by atoms with van der Waals surface area (Å²) < 4.78 is 0. The fourth-order valence-electron chi connectivity index (χ4n) is 1.48. The normalized spacial score (nSPS) is 12.4. The molecular formula is C12H13ClN2S. The van der Waals surface area contributed by atoms with Gasteiger partial charge in [-0.05, 0) is 31.5 Å². The van der Waals surface area contributed by atoms with Crippen LogP contribution in [0.2, 0.25) is 5.02 Å². The molecule has 4 heteroatoms. The van der Waals surface area contributed by atoms with E-state index in [9.17, 15) is 0 Å². The highest BCUT2D eigenvalue weighted by Crippen LogP contribution is 2.26. The van der Waals surface area contributed by atoms with Crippen molar-refractivity contribution >= 4 is 28.6 Å². The molecule has 1 unspecified atom stereocenters. The van der Waals surface area contributed by atoms with Gasteiger partial charge in [0.1, 0.15) is 0 Å². The van der Waals surface area contributed by atoms with Crippen LogP contribution in [-0.4, -0.2) is 4.98 Å². The molecule has 1 aromatic heterocycles. The maximum Gasteiger partial charge on any atom is 0.0795 e. The van der Waals surface area contributed by atoms with Gasteiger partial charge in [0.2, 0.25) is 0 Å². The van der Waals surface area contributed by atoms with E-state index < -0.39 is 0 Å². The fraction of sp³-hybridized carbons (Fsp3) is 0.250. The Labute approximate surface area is 104 Å².